The van der Waals surface area contributed by atoms with Crippen molar-refractivity contribution in [1.82, 2.24) is 20.4 Å². The average molecular weight is 773 g/mol. The van der Waals surface area contributed by atoms with Gasteiger partial charge in [-0.25, -0.2) is 9.59 Å². The lowest BCUT2D eigenvalue weighted by Crippen LogP contribution is -2.42. The zero-order valence-corrected chi connectivity index (χ0v) is 33.2. The number of benzene rings is 8. The highest BCUT2D eigenvalue weighted by molar-refractivity contribution is 6.24. The molecular formula is C50H52N4O4. The Morgan fingerprint density at radius 1 is 0.414 bits per heavy atom. The van der Waals surface area contributed by atoms with Crippen molar-refractivity contribution in [2.24, 2.45) is 0 Å². The quantitative estimate of drug-likeness (QED) is 0.175. The van der Waals surface area contributed by atoms with E-state index in [0.717, 1.165) is 49.7 Å². The molecule has 9 rings (SSSR count). The molecule has 0 aromatic heterocycles. The van der Waals surface area contributed by atoms with Gasteiger partial charge in [0.2, 0.25) is 0 Å². The maximum Gasteiger partial charge on any atom is 0.317 e. The van der Waals surface area contributed by atoms with Crippen LogP contribution >= 0.6 is 0 Å². The molecule has 0 radical (unpaired) electrons. The number of nitrogens with one attached hydrogen (secondary N) is 2. The minimum Gasteiger partial charge on any atom is -0.377 e. The maximum atomic E-state index is 13.7. The molecule has 1 aliphatic heterocycles. The summed E-state index contributed by atoms with van der Waals surface area (Å²) in [5.41, 5.74) is 2.25. The van der Waals surface area contributed by atoms with Gasteiger partial charge in [-0.2, -0.15) is 0 Å². The highest BCUT2D eigenvalue weighted by Gasteiger charge is 2.19. The standard InChI is InChI=1S/C50H52N4O4/c55-49-51-25-5-3-1-2-4-6-26-52-50(56)54(34-42-20-18-40-16-14-36-10-8-12-38-22-24-44(42)48(40)46(36)38)28-30-58-32-31-57-29-27-53(49)33-41-19-17-39-15-13-35-9-7-11-37-21-23-43(41)47(39)45(35)37/h7-24H,1-6,25-34H2,(H,51,55)(H,52,56). The Morgan fingerprint density at radius 3 is 1.21 bits per heavy atom. The SMILES string of the molecule is O=C1NCCCCCCCCNC(=O)N(Cc2ccc3ccc4cccc5ccc2c3c45)CCOCCOCCN1Cc1ccc2ccc3cccc4ccc1c2c34. The molecule has 8 nitrogen and oxygen atoms in total. The Morgan fingerprint density at radius 2 is 0.776 bits per heavy atom. The summed E-state index contributed by atoms with van der Waals surface area (Å²) in [6.07, 6.45) is 6.17. The van der Waals surface area contributed by atoms with Crippen molar-refractivity contribution in [3.8, 4) is 0 Å². The van der Waals surface area contributed by atoms with Crippen LogP contribution in [0, 0.1) is 0 Å². The number of hydrogen-bond acceptors (Lipinski definition) is 4. The molecule has 0 unspecified atom stereocenters. The Balaban J connectivity index is 0.868. The molecule has 1 fully saturated rings. The van der Waals surface area contributed by atoms with Gasteiger partial charge in [-0.15, -0.1) is 0 Å². The van der Waals surface area contributed by atoms with Crippen LogP contribution < -0.4 is 10.6 Å². The van der Waals surface area contributed by atoms with Gasteiger partial charge in [0, 0.05) is 39.3 Å². The topological polar surface area (TPSA) is 83.1 Å². The second-order valence-corrected chi connectivity index (χ2v) is 15.8. The van der Waals surface area contributed by atoms with E-state index in [1.807, 2.05) is 9.80 Å². The van der Waals surface area contributed by atoms with Gasteiger partial charge in [0.1, 0.15) is 0 Å². The highest BCUT2D eigenvalue weighted by atomic mass is 16.5. The molecule has 1 aliphatic rings. The van der Waals surface area contributed by atoms with Gasteiger partial charge in [-0.3, -0.25) is 0 Å². The summed E-state index contributed by atoms with van der Waals surface area (Å²) < 4.78 is 12.1. The van der Waals surface area contributed by atoms with Gasteiger partial charge >= 0.3 is 12.1 Å². The number of hydrogen-bond donors (Lipinski definition) is 2. The largest absolute Gasteiger partial charge is 0.377 e. The molecule has 0 spiro atoms. The predicted molar refractivity (Wildman–Crippen MR) is 237 cm³/mol. The van der Waals surface area contributed by atoms with Gasteiger partial charge in [-0.05, 0) is 88.6 Å². The summed E-state index contributed by atoms with van der Waals surface area (Å²) in [6, 6.07) is 39.1. The molecule has 4 amide bonds. The summed E-state index contributed by atoms with van der Waals surface area (Å²) in [6.45, 7) is 4.76. The van der Waals surface area contributed by atoms with Gasteiger partial charge in [0.05, 0.1) is 26.4 Å². The molecule has 58 heavy (non-hydrogen) atoms. The lowest BCUT2D eigenvalue weighted by Gasteiger charge is -2.25. The maximum absolute atomic E-state index is 13.7. The van der Waals surface area contributed by atoms with E-state index in [-0.39, 0.29) is 12.1 Å². The van der Waals surface area contributed by atoms with Crippen molar-refractivity contribution in [3.05, 3.63) is 120 Å². The molecule has 296 valence electrons. The van der Waals surface area contributed by atoms with E-state index in [1.165, 1.54) is 64.6 Å². The third kappa shape index (κ3) is 7.91. The van der Waals surface area contributed by atoms with Crippen molar-refractivity contribution in [1.29, 1.82) is 0 Å². The fraction of sp³-hybridized carbons (Fsp3) is 0.320. The van der Waals surface area contributed by atoms with Crippen molar-refractivity contribution in [2.75, 3.05) is 52.6 Å². The fourth-order valence-corrected chi connectivity index (χ4v) is 9.03. The van der Waals surface area contributed by atoms with Crippen molar-refractivity contribution in [2.45, 2.75) is 51.6 Å². The zero-order chi connectivity index (χ0) is 39.3. The van der Waals surface area contributed by atoms with Gasteiger partial charge in [0.25, 0.3) is 0 Å². The first-order chi connectivity index (χ1) is 28.6. The summed E-state index contributed by atoms with van der Waals surface area (Å²) in [5.74, 6) is 0. The number of carbonyl (C=O) groups excluding carboxylic acids is 2. The molecule has 1 saturated heterocycles. The van der Waals surface area contributed by atoms with Gasteiger partial charge in [-0.1, -0.05) is 135 Å². The summed E-state index contributed by atoms with van der Waals surface area (Å²) in [5, 5.41) is 21.2. The molecule has 2 N–H and O–H groups in total. The van der Waals surface area contributed by atoms with Crippen LogP contribution in [-0.4, -0.2) is 74.5 Å². The van der Waals surface area contributed by atoms with E-state index in [9.17, 15) is 9.59 Å². The summed E-state index contributed by atoms with van der Waals surface area (Å²) >= 11 is 0. The van der Waals surface area contributed by atoms with Crippen LogP contribution in [0.3, 0.4) is 0 Å². The number of amides is 4. The molecule has 0 saturated carbocycles. The van der Waals surface area contributed by atoms with Crippen LogP contribution in [0.5, 0.6) is 0 Å². The van der Waals surface area contributed by atoms with E-state index in [4.69, 9.17) is 9.47 Å². The first-order valence-corrected chi connectivity index (χ1v) is 21.1. The minimum absolute atomic E-state index is 0.0619. The molecule has 1 heterocycles. The molecule has 0 atom stereocenters. The Bertz CT molecular complexity index is 2460. The van der Waals surface area contributed by atoms with Crippen molar-refractivity contribution < 1.29 is 19.1 Å². The predicted octanol–water partition coefficient (Wildman–Crippen LogP) is 10.6. The number of ether oxygens (including phenoxy) is 2. The van der Waals surface area contributed by atoms with Crippen LogP contribution in [0.1, 0.15) is 49.7 Å². The highest BCUT2D eigenvalue weighted by Crippen LogP contribution is 2.38. The summed E-state index contributed by atoms with van der Waals surface area (Å²) in [7, 11) is 0. The number of rotatable bonds is 4. The minimum atomic E-state index is -0.0619. The van der Waals surface area contributed by atoms with Crippen LogP contribution in [0.4, 0.5) is 9.59 Å². The third-order valence-corrected chi connectivity index (χ3v) is 12.1. The van der Waals surface area contributed by atoms with E-state index in [1.54, 1.807) is 0 Å². The molecule has 8 heteroatoms. The van der Waals surface area contributed by atoms with E-state index < -0.39 is 0 Å². The molecule has 8 aromatic rings. The van der Waals surface area contributed by atoms with E-state index >= 15 is 0 Å². The van der Waals surface area contributed by atoms with Crippen molar-refractivity contribution in [3.63, 3.8) is 0 Å². The first-order valence-electron chi connectivity index (χ1n) is 21.1. The lowest BCUT2D eigenvalue weighted by atomic mass is 9.92. The molecule has 0 bridgehead atoms. The van der Waals surface area contributed by atoms with E-state index in [2.05, 4.69) is 120 Å². The van der Waals surface area contributed by atoms with Crippen LogP contribution in [-0.2, 0) is 22.6 Å². The molecule has 8 aromatic carbocycles. The van der Waals surface area contributed by atoms with Crippen molar-refractivity contribution >= 4 is 76.7 Å². The number of carbonyl (C=O) groups is 2. The second kappa shape index (κ2) is 17.4. The third-order valence-electron chi connectivity index (χ3n) is 12.1. The normalized spacial score (nSPS) is 17.0. The van der Waals surface area contributed by atoms with Gasteiger partial charge < -0.3 is 29.9 Å². The van der Waals surface area contributed by atoms with Gasteiger partial charge in [0.15, 0.2) is 0 Å². The number of nitrogens with zero attached hydrogens (tertiary/aromatic N) is 2. The number of urea groups is 2. The Hall–Kier alpha value is -5.70. The lowest BCUT2D eigenvalue weighted by molar-refractivity contribution is 0.0354. The van der Waals surface area contributed by atoms with E-state index in [0.29, 0.717) is 65.7 Å². The molecule has 0 aliphatic carbocycles. The first kappa shape index (κ1) is 37.9. The smallest absolute Gasteiger partial charge is 0.317 e. The molecular weight excluding hydrogens is 721 g/mol. The van der Waals surface area contributed by atoms with Crippen LogP contribution in [0.25, 0.3) is 64.6 Å². The summed E-state index contributed by atoms with van der Waals surface area (Å²) in [4.78, 5) is 31.1. The van der Waals surface area contributed by atoms with Crippen LogP contribution in [0.15, 0.2) is 109 Å². The Labute approximate surface area is 339 Å². The average Bonchev–Trinajstić information content (AvgIpc) is 3.25. The Kier molecular flexibility index (Phi) is 11.4. The fourth-order valence-electron chi connectivity index (χ4n) is 9.03. The second-order valence-electron chi connectivity index (χ2n) is 15.8. The monoisotopic (exact) mass is 772 g/mol. The van der Waals surface area contributed by atoms with Crippen LogP contribution in [0.2, 0.25) is 0 Å². The zero-order valence-electron chi connectivity index (χ0n) is 33.2.